The molecule has 0 saturated carbocycles. The van der Waals surface area contributed by atoms with Crippen molar-refractivity contribution >= 4 is 29.6 Å². The van der Waals surface area contributed by atoms with Gasteiger partial charge in [0.15, 0.2) is 0 Å². The van der Waals surface area contributed by atoms with Crippen LogP contribution in [-0.4, -0.2) is 58.9 Å². The number of primary amides is 1. The molecule has 1 aromatic rings. The van der Waals surface area contributed by atoms with Crippen molar-refractivity contribution in [3.63, 3.8) is 0 Å². The predicted molar refractivity (Wildman–Crippen MR) is 120 cm³/mol. The van der Waals surface area contributed by atoms with Crippen LogP contribution in [0.5, 0.6) is 0 Å². The SMILES string of the molecule is CCC(C)C(N)C(=O)NC(CC(N)=O)C(=O)NC(Cc1ccccc1)C(=O)NC(C)C(=O)O. The molecule has 0 aliphatic carbocycles. The monoisotopic (exact) mass is 463 g/mol. The molecule has 0 spiro atoms. The molecule has 5 atom stereocenters. The number of amides is 4. The van der Waals surface area contributed by atoms with Crippen molar-refractivity contribution < 1.29 is 29.1 Å². The van der Waals surface area contributed by atoms with Gasteiger partial charge >= 0.3 is 5.97 Å². The van der Waals surface area contributed by atoms with E-state index in [1.54, 1.807) is 37.3 Å². The second-order valence-corrected chi connectivity index (χ2v) is 7.96. The van der Waals surface area contributed by atoms with E-state index < -0.39 is 60.2 Å². The third-order valence-electron chi connectivity index (χ3n) is 5.24. The number of carboxylic acid groups (broad SMARTS) is 1. The maximum Gasteiger partial charge on any atom is 0.325 e. The van der Waals surface area contributed by atoms with E-state index in [0.29, 0.717) is 12.0 Å². The Labute approximate surface area is 192 Å². The summed E-state index contributed by atoms with van der Waals surface area (Å²) >= 11 is 0. The van der Waals surface area contributed by atoms with Gasteiger partial charge in [-0.2, -0.15) is 0 Å². The Balaban J connectivity index is 3.07. The Hall–Kier alpha value is -3.47. The van der Waals surface area contributed by atoms with E-state index in [4.69, 9.17) is 16.6 Å². The number of aliphatic carboxylic acids is 1. The second-order valence-electron chi connectivity index (χ2n) is 7.96. The van der Waals surface area contributed by atoms with Gasteiger partial charge in [-0.05, 0) is 18.4 Å². The van der Waals surface area contributed by atoms with Gasteiger partial charge < -0.3 is 32.5 Å². The van der Waals surface area contributed by atoms with Crippen molar-refractivity contribution in [1.29, 1.82) is 0 Å². The lowest BCUT2D eigenvalue weighted by Gasteiger charge is -2.25. The normalized spacial score (nSPS) is 15.3. The summed E-state index contributed by atoms with van der Waals surface area (Å²) in [5.41, 5.74) is 11.8. The number of nitrogens with one attached hydrogen (secondary N) is 3. The van der Waals surface area contributed by atoms with Crippen LogP contribution in [0.4, 0.5) is 0 Å². The molecule has 5 unspecified atom stereocenters. The van der Waals surface area contributed by atoms with Gasteiger partial charge in [-0.15, -0.1) is 0 Å². The molecule has 0 saturated heterocycles. The summed E-state index contributed by atoms with van der Waals surface area (Å²) in [6.45, 7) is 4.92. The van der Waals surface area contributed by atoms with Crippen LogP contribution in [0.1, 0.15) is 39.2 Å². The lowest BCUT2D eigenvalue weighted by Crippen LogP contribution is -2.58. The zero-order valence-corrected chi connectivity index (χ0v) is 19.0. The molecule has 0 aliphatic rings. The van der Waals surface area contributed by atoms with E-state index in [1.807, 2.05) is 6.92 Å². The molecule has 0 fully saturated rings. The van der Waals surface area contributed by atoms with Crippen LogP contribution in [0.15, 0.2) is 30.3 Å². The van der Waals surface area contributed by atoms with E-state index in [2.05, 4.69) is 16.0 Å². The molecule has 8 N–H and O–H groups in total. The Morgan fingerprint density at radius 1 is 0.909 bits per heavy atom. The number of hydrogen-bond donors (Lipinski definition) is 6. The predicted octanol–water partition coefficient (Wildman–Crippen LogP) is -0.963. The minimum atomic E-state index is -1.35. The van der Waals surface area contributed by atoms with E-state index in [1.165, 1.54) is 6.92 Å². The summed E-state index contributed by atoms with van der Waals surface area (Å²) in [6, 6.07) is 4.13. The summed E-state index contributed by atoms with van der Waals surface area (Å²) in [6.07, 6.45) is 0.173. The summed E-state index contributed by atoms with van der Waals surface area (Å²) in [4.78, 5) is 60.7. The van der Waals surface area contributed by atoms with Crippen molar-refractivity contribution in [3.8, 4) is 0 Å². The summed E-state index contributed by atoms with van der Waals surface area (Å²) in [5.74, 6) is -4.44. The average molecular weight is 464 g/mol. The van der Waals surface area contributed by atoms with Gasteiger partial charge in [0.25, 0.3) is 0 Å². The van der Waals surface area contributed by atoms with Gasteiger partial charge in [-0.3, -0.25) is 24.0 Å². The molecule has 11 heteroatoms. The zero-order chi connectivity index (χ0) is 25.1. The lowest BCUT2D eigenvalue weighted by molar-refractivity contribution is -0.142. The Bertz CT molecular complexity index is 847. The topological polar surface area (TPSA) is 194 Å². The molecule has 1 rings (SSSR count). The first-order valence-corrected chi connectivity index (χ1v) is 10.7. The van der Waals surface area contributed by atoms with Gasteiger partial charge in [0, 0.05) is 6.42 Å². The minimum Gasteiger partial charge on any atom is -0.480 e. The first-order valence-electron chi connectivity index (χ1n) is 10.7. The molecule has 0 heterocycles. The highest BCUT2D eigenvalue weighted by Crippen LogP contribution is 2.08. The van der Waals surface area contributed by atoms with Crippen LogP contribution < -0.4 is 27.4 Å². The van der Waals surface area contributed by atoms with Crippen LogP contribution in [0.2, 0.25) is 0 Å². The van der Waals surface area contributed by atoms with Crippen molar-refractivity contribution in [2.75, 3.05) is 0 Å². The molecule has 0 radical (unpaired) electrons. The van der Waals surface area contributed by atoms with E-state index in [9.17, 15) is 24.0 Å². The fourth-order valence-electron chi connectivity index (χ4n) is 2.90. The van der Waals surface area contributed by atoms with Gasteiger partial charge in [0.2, 0.25) is 23.6 Å². The number of carboxylic acids is 1. The molecule has 182 valence electrons. The fourth-order valence-corrected chi connectivity index (χ4v) is 2.90. The number of rotatable bonds is 13. The molecule has 1 aromatic carbocycles. The number of benzene rings is 1. The second kappa shape index (κ2) is 13.2. The van der Waals surface area contributed by atoms with Crippen molar-refractivity contribution in [1.82, 2.24) is 16.0 Å². The van der Waals surface area contributed by atoms with Crippen LogP contribution in [0.25, 0.3) is 0 Å². The molecule has 33 heavy (non-hydrogen) atoms. The van der Waals surface area contributed by atoms with Crippen LogP contribution in [0, 0.1) is 5.92 Å². The maximum absolute atomic E-state index is 12.9. The largest absolute Gasteiger partial charge is 0.480 e. The molecule has 11 nitrogen and oxygen atoms in total. The molecule has 0 bridgehead atoms. The van der Waals surface area contributed by atoms with E-state index in [-0.39, 0.29) is 12.3 Å². The Kier molecular flexibility index (Phi) is 11.0. The highest BCUT2D eigenvalue weighted by Gasteiger charge is 2.31. The number of carbonyl (C=O) groups excluding carboxylic acids is 4. The number of nitrogens with two attached hydrogens (primary N) is 2. The highest BCUT2D eigenvalue weighted by atomic mass is 16.4. The summed E-state index contributed by atoms with van der Waals surface area (Å²) in [5, 5.41) is 16.3. The molecule has 0 aromatic heterocycles. The van der Waals surface area contributed by atoms with Crippen LogP contribution in [-0.2, 0) is 30.4 Å². The summed E-state index contributed by atoms with van der Waals surface area (Å²) < 4.78 is 0. The molecule has 4 amide bonds. The van der Waals surface area contributed by atoms with Crippen LogP contribution >= 0.6 is 0 Å². The summed E-state index contributed by atoms with van der Waals surface area (Å²) in [7, 11) is 0. The van der Waals surface area contributed by atoms with Gasteiger partial charge in [-0.25, -0.2) is 0 Å². The van der Waals surface area contributed by atoms with Gasteiger partial charge in [-0.1, -0.05) is 50.6 Å². The van der Waals surface area contributed by atoms with E-state index >= 15 is 0 Å². The molecular formula is C22H33N5O6. The smallest absolute Gasteiger partial charge is 0.325 e. The Morgan fingerprint density at radius 3 is 1.97 bits per heavy atom. The standard InChI is InChI=1S/C22H33N5O6/c1-4-12(2)18(24)21(31)27-16(11-17(23)28)20(30)26-15(10-14-8-6-5-7-9-14)19(29)25-13(3)22(32)33/h5-9,12-13,15-16,18H,4,10-11,24H2,1-3H3,(H2,23,28)(H,25,29)(H,26,30)(H,27,31)(H,32,33). The number of carbonyl (C=O) groups is 5. The maximum atomic E-state index is 12.9. The van der Waals surface area contributed by atoms with Crippen molar-refractivity contribution in [2.24, 2.45) is 17.4 Å². The van der Waals surface area contributed by atoms with Crippen LogP contribution in [0.3, 0.4) is 0 Å². The first kappa shape index (κ1) is 27.6. The molecular weight excluding hydrogens is 430 g/mol. The van der Waals surface area contributed by atoms with Gasteiger partial charge in [0.05, 0.1) is 12.5 Å². The molecule has 0 aliphatic heterocycles. The Morgan fingerprint density at radius 2 is 1.45 bits per heavy atom. The van der Waals surface area contributed by atoms with E-state index in [0.717, 1.165) is 0 Å². The third-order valence-corrected chi connectivity index (χ3v) is 5.24. The lowest BCUT2D eigenvalue weighted by atomic mass is 9.98. The fraction of sp³-hybridized carbons (Fsp3) is 0.500. The highest BCUT2D eigenvalue weighted by molar-refractivity contribution is 5.96. The van der Waals surface area contributed by atoms with Crippen molar-refractivity contribution in [2.45, 2.75) is 64.2 Å². The average Bonchev–Trinajstić information content (AvgIpc) is 2.77. The van der Waals surface area contributed by atoms with Gasteiger partial charge in [0.1, 0.15) is 18.1 Å². The van der Waals surface area contributed by atoms with Crippen molar-refractivity contribution in [3.05, 3.63) is 35.9 Å². The third kappa shape index (κ3) is 9.27. The minimum absolute atomic E-state index is 0.0500. The number of hydrogen-bond acceptors (Lipinski definition) is 6. The quantitative estimate of drug-likeness (QED) is 0.217. The first-order chi connectivity index (χ1) is 15.5. The zero-order valence-electron chi connectivity index (χ0n) is 19.0.